The second kappa shape index (κ2) is 15.5. The first kappa shape index (κ1) is 35.2. The summed E-state index contributed by atoms with van der Waals surface area (Å²) in [5.74, 6) is 1.81. The zero-order valence-electron chi connectivity index (χ0n) is 27.8. The van der Waals surface area contributed by atoms with Gasteiger partial charge in [-0.05, 0) is 18.2 Å². The molecule has 2 atom stereocenters. The van der Waals surface area contributed by atoms with E-state index in [9.17, 15) is 9.59 Å². The van der Waals surface area contributed by atoms with Gasteiger partial charge >= 0.3 is 0 Å². The molecule has 3 aliphatic heterocycles. The molecule has 264 valence electrons. The van der Waals surface area contributed by atoms with Crippen molar-refractivity contribution in [2.75, 3.05) is 77.0 Å². The lowest BCUT2D eigenvalue weighted by molar-refractivity contribution is -0.127. The van der Waals surface area contributed by atoms with E-state index in [0.29, 0.717) is 85.4 Å². The van der Waals surface area contributed by atoms with Crippen LogP contribution in [0.3, 0.4) is 0 Å². The van der Waals surface area contributed by atoms with Gasteiger partial charge in [0.25, 0.3) is 0 Å². The minimum absolute atomic E-state index is 0.0604. The number of aromatic nitrogens is 3. The van der Waals surface area contributed by atoms with Gasteiger partial charge in [0.1, 0.15) is 39.7 Å². The van der Waals surface area contributed by atoms with Gasteiger partial charge in [0.05, 0.1) is 63.0 Å². The SMILES string of the molecule is C=CC(=O)NC1COCC1Nc1ncc2c(n1)-c1c(OCCN3CCN(C(=O)C=C)CC3)ccnc1N(c1c(Cl)c(OC)cc(OC)c1Cl)C2. The first-order chi connectivity index (χ1) is 24.3. The van der Waals surface area contributed by atoms with E-state index in [1.54, 1.807) is 29.4 Å². The van der Waals surface area contributed by atoms with Gasteiger partial charge in [-0.1, -0.05) is 36.4 Å². The average Bonchev–Trinajstić information content (AvgIpc) is 3.57. The van der Waals surface area contributed by atoms with Crippen LogP contribution in [0.25, 0.3) is 11.3 Å². The van der Waals surface area contributed by atoms with Crippen LogP contribution >= 0.6 is 23.2 Å². The highest BCUT2D eigenvalue weighted by Gasteiger charge is 2.35. The number of anilines is 3. The Kier molecular flexibility index (Phi) is 10.9. The van der Waals surface area contributed by atoms with Crippen molar-refractivity contribution in [1.29, 1.82) is 0 Å². The number of carbonyl (C=O) groups is 2. The lowest BCUT2D eigenvalue weighted by atomic mass is 10.0. The maximum absolute atomic E-state index is 12.0. The lowest BCUT2D eigenvalue weighted by Crippen LogP contribution is -2.49. The van der Waals surface area contributed by atoms with E-state index >= 15 is 0 Å². The van der Waals surface area contributed by atoms with Crippen molar-refractivity contribution in [3.8, 4) is 28.5 Å². The van der Waals surface area contributed by atoms with Crippen LogP contribution in [0.2, 0.25) is 10.0 Å². The van der Waals surface area contributed by atoms with Crippen LogP contribution in [-0.2, 0) is 20.9 Å². The van der Waals surface area contributed by atoms with Crippen molar-refractivity contribution < 1.29 is 28.5 Å². The van der Waals surface area contributed by atoms with Crippen LogP contribution in [-0.4, -0.2) is 115 Å². The quantitative estimate of drug-likeness (QED) is 0.263. The van der Waals surface area contributed by atoms with Crippen molar-refractivity contribution in [3.63, 3.8) is 0 Å². The molecule has 2 unspecified atom stereocenters. The fraction of sp³-hybridized carbons (Fsp3) is 0.382. The van der Waals surface area contributed by atoms with Gasteiger partial charge in [0.15, 0.2) is 0 Å². The molecule has 2 fully saturated rings. The number of piperazine rings is 1. The van der Waals surface area contributed by atoms with E-state index in [1.165, 1.54) is 26.4 Å². The summed E-state index contributed by atoms with van der Waals surface area (Å²) in [7, 11) is 3.04. The number of carbonyl (C=O) groups excluding carboxylic acids is 2. The Hall–Kier alpha value is -4.63. The number of fused-ring (bicyclic) bond motifs is 3. The van der Waals surface area contributed by atoms with Crippen molar-refractivity contribution >= 4 is 52.5 Å². The van der Waals surface area contributed by atoms with Gasteiger partial charge < -0.3 is 39.4 Å². The van der Waals surface area contributed by atoms with Gasteiger partial charge in [-0.25, -0.2) is 15.0 Å². The zero-order chi connectivity index (χ0) is 35.4. The van der Waals surface area contributed by atoms with Gasteiger partial charge in [0, 0.05) is 56.7 Å². The van der Waals surface area contributed by atoms with Gasteiger partial charge in [-0.3, -0.25) is 14.5 Å². The Balaban J connectivity index is 1.34. The second-order valence-corrected chi connectivity index (χ2v) is 12.5. The monoisotopic (exact) mass is 724 g/mol. The molecule has 3 aromatic rings. The highest BCUT2D eigenvalue weighted by Crippen LogP contribution is 2.52. The summed E-state index contributed by atoms with van der Waals surface area (Å²) >= 11 is 13.8. The summed E-state index contributed by atoms with van der Waals surface area (Å²) in [5.41, 5.74) is 2.44. The molecular formula is C34H38Cl2N8O6. The predicted octanol–water partition coefficient (Wildman–Crippen LogP) is 3.70. The molecule has 50 heavy (non-hydrogen) atoms. The molecule has 0 spiro atoms. The van der Waals surface area contributed by atoms with Crippen LogP contribution in [0.5, 0.6) is 17.2 Å². The van der Waals surface area contributed by atoms with Gasteiger partial charge in [-0.15, -0.1) is 0 Å². The second-order valence-electron chi connectivity index (χ2n) is 11.7. The van der Waals surface area contributed by atoms with Crippen molar-refractivity contribution in [2.45, 2.75) is 18.6 Å². The van der Waals surface area contributed by atoms with Crippen LogP contribution in [0, 0.1) is 0 Å². The molecule has 6 rings (SSSR count). The van der Waals surface area contributed by atoms with Crippen LogP contribution in [0.4, 0.5) is 17.5 Å². The Labute approximate surface area is 300 Å². The average molecular weight is 726 g/mol. The summed E-state index contributed by atoms with van der Waals surface area (Å²) in [6, 6.07) is 2.85. The zero-order valence-corrected chi connectivity index (χ0v) is 29.3. The molecule has 2 amide bonds. The predicted molar refractivity (Wildman–Crippen MR) is 190 cm³/mol. The molecule has 2 N–H and O–H groups in total. The number of nitrogens with one attached hydrogen (secondary N) is 2. The Morgan fingerprint density at radius 3 is 2.42 bits per heavy atom. The summed E-state index contributed by atoms with van der Waals surface area (Å²) < 4.78 is 23.2. The standard InChI is InChI=1S/C34H38Cl2N8O6/c1-5-26(45)39-21-18-49-19-22(21)40-34-38-16-20-17-44(32-29(35)24(47-3)15-25(48-4)30(32)36)33-28(31(20)41-34)23(7-8-37-33)50-14-13-42-9-11-43(12-10-42)27(46)6-2/h5-8,15-16,21-22H,1-2,9-14,17-19H2,3-4H3,(H,39,45)(H,38,40,41). The third-order valence-electron chi connectivity index (χ3n) is 8.83. The summed E-state index contributed by atoms with van der Waals surface area (Å²) in [4.78, 5) is 44.3. The number of amides is 2. The van der Waals surface area contributed by atoms with Crippen molar-refractivity contribution in [1.82, 2.24) is 30.1 Å². The summed E-state index contributed by atoms with van der Waals surface area (Å²) in [5, 5.41) is 6.78. The number of benzene rings is 1. The minimum atomic E-state index is -0.299. The molecule has 1 aromatic carbocycles. The molecule has 3 aliphatic rings. The van der Waals surface area contributed by atoms with E-state index in [-0.39, 0.29) is 40.5 Å². The number of nitrogens with zero attached hydrogens (tertiary/aromatic N) is 6. The Morgan fingerprint density at radius 2 is 1.74 bits per heavy atom. The van der Waals surface area contributed by atoms with E-state index in [2.05, 4.69) is 33.7 Å². The van der Waals surface area contributed by atoms with Gasteiger partial charge in [-0.2, -0.15) is 0 Å². The van der Waals surface area contributed by atoms with E-state index in [0.717, 1.165) is 18.7 Å². The fourth-order valence-electron chi connectivity index (χ4n) is 6.18. The number of methoxy groups -OCH3 is 2. The molecule has 0 radical (unpaired) electrons. The Bertz CT molecular complexity index is 1760. The Morgan fingerprint density at radius 1 is 1.02 bits per heavy atom. The summed E-state index contributed by atoms with van der Waals surface area (Å²) in [6.45, 7) is 11.8. The fourth-order valence-corrected chi connectivity index (χ4v) is 6.89. The largest absolute Gasteiger partial charge is 0.495 e. The maximum atomic E-state index is 12.0. The smallest absolute Gasteiger partial charge is 0.246 e. The molecule has 2 aromatic heterocycles. The number of rotatable bonds is 12. The highest BCUT2D eigenvalue weighted by molar-refractivity contribution is 6.41. The molecule has 0 bridgehead atoms. The van der Waals surface area contributed by atoms with Gasteiger partial charge in [0.2, 0.25) is 17.8 Å². The first-order valence-electron chi connectivity index (χ1n) is 16.0. The molecule has 2 saturated heterocycles. The number of pyridine rings is 1. The maximum Gasteiger partial charge on any atom is 0.246 e. The topological polar surface area (TPSA) is 144 Å². The van der Waals surface area contributed by atoms with E-state index < -0.39 is 0 Å². The third-order valence-corrected chi connectivity index (χ3v) is 9.56. The molecule has 0 saturated carbocycles. The van der Waals surface area contributed by atoms with Crippen molar-refractivity contribution in [3.05, 3.63) is 65.4 Å². The molecule has 14 nitrogen and oxygen atoms in total. The highest BCUT2D eigenvalue weighted by atomic mass is 35.5. The first-order valence-corrected chi connectivity index (χ1v) is 16.8. The lowest BCUT2D eigenvalue weighted by Gasteiger charge is -2.35. The molecule has 5 heterocycles. The minimum Gasteiger partial charge on any atom is -0.495 e. The normalized spacial score (nSPS) is 18.5. The number of hydrogen-bond donors (Lipinski definition) is 2. The van der Waals surface area contributed by atoms with E-state index in [4.69, 9.17) is 52.1 Å². The molecule has 0 aliphatic carbocycles. The van der Waals surface area contributed by atoms with E-state index in [1.807, 2.05) is 4.90 Å². The molecule has 16 heteroatoms. The third kappa shape index (κ3) is 7.15. The van der Waals surface area contributed by atoms with Crippen molar-refractivity contribution in [2.24, 2.45) is 0 Å². The number of hydrogen-bond acceptors (Lipinski definition) is 12. The van der Waals surface area contributed by atoms with Crippen LogP contribution in [0.1, 0.15) is 5.56 Å². The number of ether oxygens (including phenoxy) is 4. The number of halogens is 2. The van der Waals surface area contributed by atoms with Crippen LogP contribution in [0.15, 0.2) is 49.8 Å². The summed E-state index contributed by atoms with van der Waals surface area (Å²) in [6.07, 6.45) is 5.96. The van der Waals surface area contributed by atoms with Crippen LogP contribution < -0.4 is 29.7 Å². The molecular weight excluding hydrogens is 687 g/mol.